The van der Waals surface area contributed by atoms with Crippen LogP contribution in [0.2, 0.25) is 0 Å². The highest BCUT2D eigenvalue weighted by Crippen LogP contribution is 2.46. The average Bonchev–Trinajstić information content (AvgIpc) is 3.29. The standard InChI is InChI=1S/C24H19FN4O3/c1-26-17-9-7-14(8-10-17)20(15-4-2-5-16(25)12-15)21-18-6-3-11-28(18)24(32)22-23(31)19(30)13-27-29(21)22/h2,4-5,7-10,12-13,18,20-21,31H,3,6,11H2/t18-,20-,21-/m1/s1. The summed E-state index contributed by atoms with van der Waals surface area (Å²) in [6.45, 7) is 7.74. The van der Waals surface area contributed by atoms with Gasteiger partial charge in [-0.2, -0.15) is 5.10 Å². The SMILES string of the molecule is [C-]#[N+]c1ccc([C@H](c2cccc(F)c2)[C@H]2[C@H]3CCCN3C(=O)c3c(O)c(=O)cnn32)cc1. The highest BCUT2D eigenvalue weighted by atomic mass is 19.1. The fourth-order valence-electron chi connectivity index (χ4n) is 4.99. The minimum atomic E-state index is -0.718. The molecule has 3 heterocycles. The van der Waals surface area contributed by atoms with E-state index in [9.17, 15) is 19.1 Å². The van der Waals surface area contributed by atoms with E-state index < -0.39 is 34.9 Å². The molecule has 8 heteroatoms. The van der Waals surface area contributed by atoms with Crippen LogP contribution in [0.1, 0.15) is 46.4 Å². The number of rotatable bonds is 3. The highest BCUT2D eigenvalue weighted by Gasteiger charge is 2.48. The molecular weight excluding hydrogens is 411 g/mol. The molecule has 7 nitrogen and oxygen atoms in total. The number of amides is 1. The Morgan fingerprint density at radius 3 is 2.66 bits per heavy atom. The summed E-state index contributed by atoms with van der Waals surface area (Å²) in [5.74, 6) is -1.87. The summed E-state index contributed by atoms with van der Waals surface area (Å²) >= 11 is 0. The van der Waals surface area contributed by atoms with Crippen molar-refractivity contribution in [3.8, 4) is 5.75 Å². The molecule has 1 saturated heterocycles. The predicted octanol–water partition coefficient (Wildman–Crippen LogP) is 3.63. The van der Waals surface area contributed by atoms with Crippen LogP contribution in [0, 0.1) is 12.4 Å². The normalized spacial score (nSPS) is 20.4. The molecule has 0 bridgehead atoms. The molecule has 3 aromatic rings. The second-order valence-electron chi connectivity index (χ2n) is 8.09. The van der Waals surface area contributed by atoms with Gasteiger partial charge in [0.25, 0.3) is 5.91 Å². The Bertz CT molecular complexity index is 1310. The van der Waals surface area contributed by atoms with Crippen molar-refractivity contribution < 1.29 is 14.3 Å². The van der Waals surface area contributed by atoms with Crippen LogP contribution in [0.25, 0.3) is 4.85 Å². The third-order valence-corrected chi connectivity index (χ3v) is 6.36. The maximum atomic E-state index is 14.3. The molecule has 1 fully saturated rings. The Kier molecular flexibility index (Phi) is 4.74. The van der Waals surface area contributed by atoms with E-state index in [0.717, 1.165) is 24.6 Å². The monoisotopic (exact) mass is 430 g/mol. The zero-order chi connectivity index (χ0) is 22.4. The fourth-order valence-corrected chi connectivity index (χ4v) is 4.99. The van der Waals surface area contributed by atoms with Crippen LogP contribution in [-0.2, 0) is 0 Å². The smallest absolute Gasteiger partial charge is 0.276 e. The number of halogens is 1. The number of carbonyl (C=O) groups excluding carboxylic acids is 1. The van der Waals surface area contributed by atoms with E-state index in [-0.39, 0.29) is 11.7 Å². The summed E-state index contributed by atoms with van der Waals surface area (Å²) in [5.41, 5.74) is 1.12. The first-order chi connectivity index (χ1) is 15.5. The number of nitrogens with zero attached hydrogens (tertiary/aromatic N) is 4. The summed E-state index contributed by atoms with van der Waals surface area (Å²) in [6.07, 6.45) is 2.50. The number of carbonyl (C=O) groups is 1. The lowest BCUT2D eigenvalue weighted by atomic mass is 9.80. The van der Waals surface area contributed by atoms with Crippen molar-refractivity contribution in [3.63, 3.8) is 0 Å². The second kappa shape index (κ2) is 7.61. The second-order valence-corrected chi connectivity index (χ2v) is 8.09. The van der Waals surface area contributed by atoms with E-state index in [1.165, 1.54) is 16.8 Å². The summed E-state index contributed by atoms with van der Waals surface area (Å²) in [7, 11) is 0. The van der Waals surface area contributed by atoms with Crippen LogP contribution in [0.3, 0.4) is 0 Å². The van der Waals surface area contributed by atoms with E-state index in [4.69, 9.17) is 6.57 Å². The molecule has 1 N–H and O–H groups in total. The van der Waals surface area contributed by atoms with Gasteiger partial charge >= 0.3 is 0 Å². The largest absolute Gasteiger partial charge is 0.502 e. The van der Waals surface area contributed by atoms with Gasteiger partial charge in [0.15, 0.2) is 17.1 Å². The summed E-state index contributed by atoms with van der Waals surface area (Å²) < 4.78 is 15.7. The van der Waals surface area contributed by atoms with Gasteiger partial charge < -0.3 is 10.0 Å². The number of fused-ring (bicyclic) bond motifs is 2. The van der Waals surface area contributed by atoms with Crippen molar-refractivity contribution in [1.29, 1.82) is 0 Å². The molecule has 2 aromatic carbocycles. The van der Waals surface area contributed by atoms with Gasteiger partial charge in [-0.15, -0.1) is 0 Å². The van der Waals surface area contributed by atoms with Crippen molar-refractivity contribution in [2.24, 2.45) is 0 Å². The molecule has 0 aliphatic carbocycles. The van der Waals surface area contributed by atoms with Gasteiger partial charge in [0.2, 0.25) is 5.43 Å². The Morgan fingerprint density at radius 2 is 1.94 bits per heavy atom. The third-order valence-electron chi connectivity index (χ3n) is 6.36. The van der Waals surface area contributed by atoms with Crippen LogP contribution in [0.15, 0.2) is 59.5 Å². The molecule has 160 valence electrons. The fraction of sp³-hybridized carbons (Fsp3) is 0.250. The topological polar surface area (TPSA) is 79.8 Å². The van der Waals surface area contributed by atoms with Crippen LogP contribution >= 0.6 is 0 Å². The molecule has 3 atom stereocenters. The zero-order valence-corrected chi connectivity index (χ0v) is 17.0. The molecule has 0 saturated carbocycles. The minimum Gasteiger partial charge on any atom is -0.502 e. The van der Waals surface area contributed by atoms with Crippen LogP contribution < -0.4 is 5.43 Å². The van der Waals surface area contributed by atoms with Crippen molar-refractivity contribution in [2.75, 3.05) is 6.54 Å². The zero-order valence-electron chi connectivity index (χ0n) is 17.0. The number of aromatic hydroxyl groups is 1. The van der Waals surface area contributed by atoms with Crippen LogP contribution in [0.4, 0.5) is 10.1 Å². The molecule has 5 rings (SSSR count). The van der Waals surface area contributed by atoms with E-state index in [0.29, 0.717) is 17.8 Å². The van der Waals surface area contributed by atoms with Crippen LogP contribution in [-0.4, -0.2) is 38.3 Å². The van der Waals surface area contributed by atoms with Crippen molar-refractivity contribution in [2.45, 2.75) is 30.8 Å². The molecule has 2 aliphatic heterocycles. The first kappa shape index (κ1) is 19.9. The Labute approximate surface area is 183 Å². The van der Waals surface area contributed by atoms with Gasteiger partial charge in [0, 0.05) is 12.5 Å². The van der Waals surface area contributed by atoms with Gasteiger partial charge in [-0.25, -0.2) is 9.24 Å². The summed E-state index contributed by atoms with van der Waals surface area (Å²) in [5, 5.41) is 14.7. The van der Waals surface area contributed by atoms with Gasteiger partial charge in [-0.05, 0) is 36.1 Å². The average molecular weight is 430 g/mol. The quantitative estimate of drug-likeness (QED) is 0.644. The number of hydrogen-bond acceptors (Lipinski definition) is 4. The van der Waals surface area contributed by atoms with Crippen molar-refractivity contribution in [3.05, 3.63) is 99.0 Å². The van der Waals surface area contributed by atoms with E-state index in [1.807, 2.05) is 18.2 Å². The lowest BCUT2D eigenvalue weighted by molar-refractivity contribution is 0.0565. The maximum Gasteiger partial charge on any atom is 0.276 e. The molecule has 1 amide bonds. The van der Waals surface area contributed by atoms with E-state index in [2.05, 4.69) is 9.94 Å². The van der Waals surface area contributed by atoms with Gasteiger partial charge in [0.1, 0.15) is 5.82 Å². The molecule has 0 radical (unpaired) electrons. The van der Waals surface area contributed by atoms with E-state index in [1.54, 1.807) is 23.1 Å². The predicted molar refractivity (Wildman–Crippen MR) is 114 cm³/mol. The highest BCUT2D eigenvalue weighted by molar-refractivity contribution is 5.96. The lowest BCUT2D eigenvalue weighted by Gasteiger charge is -2.42. The Balaban J connectivity index is 1.77. The lowest BCUT2D eigenvalue weighted by Crippen LogP contribution is -2.50. The van der Waals surface area contributed by atoms with E-state index >= 15 is 0 Å². The van der Waals surface area contributed by atoms with Gasteiger partial charge in [-0.3, -0.25) is 14.3 Å². The number of aromatic nitrogens is 2. The number of hydrogen-bond donors (Lipinski definition) is 1. The Hall–Kier alpha value is -3.99. The molecule has 2 aliphatic rings. The molecular formula is C24H19FN4O3. The van der Waals surface area contributed by atoms with Crippen LogP contribution in [0.5, 0.6) is 5.75 Å². The molecule has 1 aromatic heterocycles. The summed E-state index contributed by atoms with van der Waals surface area (Å²) in [4.78, 5) is 30.3. The molecule has 32 heavy (non-hydrogen) atoms. The summed E-state index contributed by atoms with van der Waals surface area (Å²) in [6, 6.07) is 12.6. The third kappa shape index (κ3) is 3.05. The molecule has 0 spiro atoms. The first-order valence-electron chi connectivity index (χ1n) is 10.3. The van der Waals surface area contributed by atoms with Gasteiger partial charge in [-0.1, -0.05) is 36.4 Å². The Morgan fingerprint density at radius 1 is 1.16 bits per heavy atom. The van der Waals surface area contributed by atoms with Crippen molar-refractivity contribution in [1.82, 2.24) is 14.7 Å². The van der Waals surface area contributed by atoms with Gasteiger partial charge in [0.05, 0.1) is 24.9 Å². The minimum absolute atomic E-state index is 0.139. The first-order valence-corrected chi connectivity index (χ1v) is 10.3. The molecule has 0 unspecified atom stereocenters. The number of benzene rings is 2. The maximum absolute atomic E-state index is 14.3. The van der Waals surface area contributed by atoms with Crippen molar-refractivity contribution >= 4 is 11.6 Å².